The molecule has 0 aromatic rings. The molecule has 0 unspecified atom stereocenters. The van der Waals surface area contributed by atoms with Crippen LogP contribution >= 0.6 is 0 Å². The summed E-state index contributed by atoms with van der Waals surface area (Å²) < 4.78 is 4.81. The highest BCUT2D eigenvalue weighted by Gasteiger charge is 1.92. The van der Waals surface area contributed by atoms with Crippen molar-refractivity contribution in [1.82, 2.24) is 0 Å². The molecule has 0 fully saturated rings. The van der Waals surface area contributed by atoms with E-state index < -0.39 is 0 Å². The highest BCUT2D eigenvalue weighted by molar-refractivity contribution is 5.81. The van der Waals surface area contributed by atoms with Gasteiger partial charge in [0.1, 0.15) is 0 Å². The smallest absolute Gasteiger partial charge is 0.330 e. The molecular weight excluding hydrogens is 154 g/mol. The first-order valence-corrected chi connectivity index (χ1v) is 4.34. The van der Waals surface area contributed by atoms with Crippen LogP contribution < -0.4 is 5.73 Å². The number of unbranched alkanes of at least 4 members (excludes halogenated alkanes) is 1. The molecule has 0 rings (SSSR count). The Hall–Kier alpha value is -0.830. The maximum absolute atomic E-state index is 10.8. The van der Waals surface area contributed by atoms with Crippen molar-refractivity contribution in [2.24, 2.45) is 5.73 Å². The molecule has 0 bridgehead atoms. The summed E-state index contributed by atoms with van der Waals surface area (Å²) in [5.74, 6) is -0.256. The molecule has 0 aliphatic heterocycles. The molecule has 12 heavy (non-hydrogen) atoms. The number of carbonyl (C=O) groups is 1. The standard InChI is InChI=1S/C9H17NO2/c1-2-8-12-9(11)6-4-3-5-7-10/h4,6H,2-3,5,7-8,10H2,1H3. The lowest BCUT2D eigenvalue weighted by Gasteiger charge is -1.96. The summed E-state index contributed by atoms with van der Waals surface area (Å²) in [7, 11) is 0. The van der Waals surface area contributed by atoms with Gasteiger partial charge in [0, 0.05) is 6.08 Å². The first-order chi connectivity index (χ1) is 5.81. The minimum atomic E-state index is -0.256. The van der Waals surface area contributed by atoms with Gasteiger partial charge in [0.25, 0.3) is 0 Å². The molecule has 3 heteroatoms. The molecule has 0 aliphatic rings. The molecule has 0 saturated heterocycles. The second-order valence-corrected chi connectivity index (χ2v) is 2.50. The van der Waals surface area contributed by atoms with Crippen molar-refractivity contribution in [2.75, 3.05) is 13.2 Å². The molecule has 3 nitrogen and oxygen atoms in total. The summed E-state index contributed by atoms with van der Waals surface area (Å²) in [6.07, 6.45) is 5.88. The van der Waals surface area contributed by atoms with E-state index in [1.807, 2.05) is 6.92 Å². The molecule has 0 aliphatic carbocycles. The van der Waals surface area contributed by atoms with Crippen molar-refractivity contribution in [3.8, 4) is 0 Å². The van der Waals surface area contributed by atoms with Gasteiger partial charge in [-0.05, 0) is 25.8 Å². The predicted octanol–water partition coefficient (Wildman–Crippen LogP) is 1.23. The number of hydrogen-bond donors (Lipinski definition) is 1. The molecule has 0 aromatic carbocycles. The third-order valence-corrected chi connectivity index (χ3v) is 1.28. The summed E-state index contributed by atoms with van der Waals surface area (Å²) in [6, 6.07) is 0. The van der Waals surface area contributed by atoms with E-state index >= 15 is 0 Å². The lowest BCUT2D eigenvalue weighted by atomic mass is 10.3. The third kappa shape index (κ3) is 7.28. The van der Waals surface area contributed by atoms with Crippen molar-refractivity contribution >= 4 is 5.97 Å². The van der Waals surface area contributed by atoms with E-state index in [1.54, 1.807) is 6.08 Å². The fourth-order valence-electron chi connectivity index (χ4n) is 0.666. The van der Waals surface area contributed by atoms with Crippen LogP contribution in [0.3, 0.4) is 0 Å². The topological polar surface area (TPSA) is 52.3 Å². The maximum Gasteiger partial charge on any atom is 0.330 e. The van der Waals surface area contributed by atoms with Crippen LogP contribution in [0.25, 0.3) is 0 Å². The average Bonchev–Trinajstić information content (AvgIpc) is 2.09. The second kappa shape index (κ2) is 8.27. The van der Waals surface area contributed by atoms with Gasteiger partial charge in [0.15, 0.2) is 0 Å². The van der Waals surface area contributed by atoms with Crippen molar-refractivity contribution < 1.29 is 9.53 Å². The fourth-order valence-corrected chi connectivity index (χ4v) is 0.666. The van der Waals surface area contributed by atoms with E-state index in [1.165, 1.54) is 6.08 Å². The number of esters is 1. The Balaban J connectivity index is 3.34. The van der Waals surface area contributed by atoms with E-state index in [0.29, 0.717) is 13.2 Å². The van der Waals surface area contributed by atoms with Gasteiger partial charge in [-0.3, -0.25) is 0 Å². The van der Waals surface area contributed by atoms with Gasteiger partial charge in [0.05, 0.1) is 6.61 Å². The molecular formula is C9H17NO2. The number of nitrogens with two attached hydrogens (primary N) is 1. The zero-order chi connectivity index (χ0) is 9.23. The van der Waals surface area contributed by atoms with Crippen LogP contribution in [-0.4, -0.2) is 19.1 Å². The molecule has 0 aromatic heterocycles. The molecule has 0 saturated carbocycles. The third-order valence-electron chi connectivity index (χ3n) is 1.28. The summed E-state index contributed by atoms with van der Waals surface area (Å²) in [5.41, 5.74) is 5.28. The highest BCUT2D eigenvalue weighted by atomic mass is 16.5. The Kier molecular flexibility index (Phi) is 7.70. The fraction of sp³-hybridized carbons (Fsp3) is 0.667. The largest absolute Gasteiger partial charge is 0.463 e. The number of allylic oxidation sites excluding steroid dienone is 1. The molecule has 0 radical (unpaired) electrons. The predicted molar refractivity (Wildman–Crippen MR) is 48.7 cm³/mol. The van der Waals surface area contributed by atoms with Gasteiger partial charge in [-0.25, -0.2) is 4.79 Å². The zero-order valence-corrected chi connectivity index (χ0v) is 7.58. The van der Waals surface area contributed by atoms with Crippen molar-refractivity contribution in [2.45, 2.75) is 26.2 Å². The normalized spacial score (nSPS) is 10.5. The van der Waals surface area contributed by atoms with E-state index in [0.717, 1.165) is 19.3 Å². The Bertz CT molecular complexity index is 143. The number of hydrogen-bond acceptors (Lipinski definition) is 3. The van der Waals surface area contributed by atoms with Crippen molar-refractivity contribution in [3.05, 3.63) is 12.2 Å². The lowest BCUT2D eigenvalue weighted by Crippen LogP contribution is -2.01. The van der Waals surface area contributed by atoms with Gasteiger partial charge in [-0.1, -0.05) is 13.0 Å². The van der Waals surface area contributed by atoms with Crippen LogP contribution in [0.15, 0.2) is 12.2 Å². The monoisotopic (exact) mass is 171 g/mol. The summed E-state index contributed by atoms with van der Waals surface area (Å²) in [4.78, 5) is 10.8. The van der Waals surface area contributed by atoms with Gasteiger partial charge >= 0.3 is 5.97 Å². The van der Waals surface area contributed by atoms with E-state index in [-0.39, 0.29) is 5.97 Å². The van der Waals surface area contributed by atoms with Gasteiger partial charge in [-0.15, -0.1) is 0 Å². The second-order valence-electron chi connectivity index (χ2n) is 2.50. The minimum absolute atomic E-state index is 0.256. The summed E-state index contributed by atoms with van der Waals surface area (Å²) in [6.45, 7) is 3.12. The molecule has 0 amide bonds. The van der Waals surface area contributed by atoms with Gasteiger partial charge < -0.3 is 10.5 Å². The first kappa shape index (κ1) is 11.2. The zero-order valence-electron chi connectivity index (χ0n) is 7.58. The van der Waals surface area contributed by atoms with Gasteiger partial charge in [0.2, 0.25) is 0 Å². The quantitative estimate of drug-likeness (QED) is 0.371. The average molecular weight is 171 g/mol. The van der Waals surface area contributed by atoms with Crippen LogP contribution in [0.1, 0.15) is 26.2 Å². The Morgan fingerprint density at radius 2 is 2.33 bits per heavy atom. The van der Waals surface area contributed by atoms with Crippen LogP contribution in [0.2, 0.25) is 0 Å². The van der Waals surface area contributed by atoms with Crippen molar-refractivity contribution in [3.63, 3.8) is 0 Å². The molecule has 2 N–H and O–H groups in total. The molecule has 0 heterocycles. The van der Waals surface area contributed by atoms with Crippen LogP contribution in [0.5, 0.6) is 0 Å². The van der Waals surface area contributed by atoms with Crippen LogP contribution in [0, 0.1) is 0 Å². The van der Waals surface area contributed by atoms with Crippen LogP contribution in [0.4, 0.5) is 0 Å². The van der Waals surface area contributed by atoms with E-state index in [2.05, 4.69) is 0 Å². The summed E-state index contributed by atoms with van der Waals surface area (Å²) in [5, 5.41) is 0. The SMILES string of the molecule is CCCOC(=O)C=CCCCN. The molecule has 0 spiro atoms. The number of rotatable bonds is 6. The van der Waals surface area contributed by atoms with Gasteiger partial charge in [-0.2, -0.15) is 0 Å². The first-order valence-electron chi connectivity index (χ1n) is 4.34. The van der Waals surface area contributed by atoms with E-state index in [4.69, 9.17) is 10.5 Å². The van der Waals surface area contributed by atoms with E-state index in [9.17, 15) is 4.79 Å². The lowest BCUT2D eigenvalue weighted by molar-refractivity contribution is -0.137. The minimum Gasteiger partial charge on any atom is -0.463 e. The Labute approximate surface area is 73.6 Å². The summed E-state index contributed by atoms with van der Waals surface area (Å²) >= 11 is 0. The molecule has 70 valence electrons. The Morgan fingerprint density at radius 1 is 1.58 bits per heavy atom. The van der Waals surface area contributed by atoms with Crippen molar-refractivity contribution in [1.29, 1.82) is 0 Å². The number of ether oxygens (including phenoxy) is 1. The van der Waals surface area contributed by atoms with Crippen LogP contribution in [-0.2, 0) is 9.53 Å². The number of carbonyl (C=O) groups excluding carboxylic acids is 1. The molecule has 0 atom stereocenters. The highest BCUT2D eigenvalue weighted by Crippen LogP contribution is 1.90. The Morgan fingerprint density at radius 3 is 2.92 bits per heavy atom. The maximum atomic E-state index is 10.8.